The van der Waals surface area contributed by atoms with Gasteiger partial charge in [-0.3, -0.25) is 14.9 Å². The number of nitrogens with one attached hydrogen (secondary N) is 1. The lowest BCUT2D eigenvalue weighted by atomic mass is 9.92. The Kier molecular flexibility index (Phi) is 5.21. The molecule has 0 saturated carbocycles. The second-order valence-electron chi connectivity index (χ2n) is 4.90. The summed E-state index contributed by atoms with van der Waals surface area (Å²) in [6.45, 7) is 5.99. The van der Waals surface area contributed by atoms with Crippen molar-refractivity contribution in [2.24, 2.45) is 5.73 Å². The minimum absolute atomic E-state index is 0.0184. The molecular weight excluding hydrogens is 258 g/mol. The van der Waals surface area contributed by atoms with Crippen LogP contribution < -0.4 is 11.1 Å². The number of rotatable bonds is 6. The Morgan fingerprint density at radius 1 is 1.40 bits per heavy atom. The van der Waals surface area contributed by atoms with Gasteiger partial charge in [-0.15, -0.1) is 0 Å². The van der Waals surface area contributed by atoms with Crippen molar-refractivity contribution in [3.63, 3.8) is 0 Å². The number of non-ortho nitro benzene ring substituents is 1. The van der Waals surface area contributed by atoms with Gasteiger partial charge in [-0.2, -0.15) is 0 Å². The van der Waals surface area contributed by atoms with E-state index >= 15 is 0 Å². The highest BCUT2D eigenvalue weighted by Crippen LogP contribution is 2.19. The molecule has 0 aliphatic rings. The third kappa shape index (κ3) is 3.33. The summed E-state index contributed by atoms with van der Waals surface area (Å²) in [7, 11) is 0. The molecule has 6 heteroatoms. The summed E-state index contributed by atoms with van der Waals surface area (Å²) in [5.41, 5.74) is 6.33. The number of nitro benzene ring substituents is 1. The molecule has 1 amide bonds. The number of carbonyl (C=O) groups is 1. The Hall–Kier alpha value is -1.95. The first-order valence-electron chi connectivity index (χ1n) is 6.66. The molecule has 1 aromatic rings. The molecule has 6 nitrogen and oxygen atoms in total. The SMILES string of the molecule is CCC(CC)(CN)NC(=O)c1ccc([N+](=O)[O-])cc1C. The predicted molar refractivity (Wildman–Crippen MR) is 77.7 cm³/mol. The van der Waals surface area contributed by atoms with Gasteiger partial charge in [-0.1, -0.05) is 13.8 Å². The minimum Gasteiger partial charge on any atom is -0.345 e. The van der Waals surface area contributed by atoms with Crippen molar-refractivity contribution < 1.29 is 9.72 Å². The van der Waals surface area contributed by atoms with Crippen molar-refractivity contribution in [3.8, 4) is 0 Å². The number of nitro groups is 1. The smallest absolute Gasteiger partial charge is 0.269 e. The van der Waals surface area contributed by atoms with Crippen LogP contribution in [0.4, 0.5) is 5.69 Å². The third-order valence-electron chi connectivity index (χ3n) is 3.79. The molecular formula is C14H21N3O3. The van der Waals surface area contributed by atoms with Crippen molar-refractivity contribution in [2.75, 3.05) is 6.54 Å². The van der Waals surface area contributed by atoms with E-state index in [1.54, 1.807) is 6.92 Å². The minimum atomic E-state index is -0.475. The topological polar surface area (TPSA) is 98.3 Å². The van der Waals surface area contributed by atoms with Gasteiger partial charge in [0.25, 0.3) is 11.6 Å². The monoisotopic (exact) mass is 279 g/mol. The summed E-state index contributed by atoms with van der Waals surface area (Å²) >= 11 is 0. The molecule has 0 unspecified atom stereocenters. The van der Waals surface area contributed by atoms with Gasteiger partial charge in [0, 0.05) is 24.2 Å². The zero-order valence-corrected chi connectivity index (χ0v) is 12.1. The Balaban J connectivity index is 3.01. The lowest BCUT2D eigenvalue weighted by Gasteiger charge is -2.31. The number of hydrogen-bond donors (Lipinski definition) is 2. The van der Waals surface area contributed by atoms with Crippen molar-refractivity contribution in [3.05, 3.63) is 39.4 Å². The molecule has 0 spiro atoms. The van der Waals surface area contributed by atoms with E-state index in [0.29, 0.717) is 17.7 Å². The molecule has 0 aliphatic heterocycles. The number of hydrogen-bond acceptors (Lipinski definition) is 4. The number of nitrogens with two attached hydrogens (primary N) is 1. The van der Waals surface area contributed by atoms with Gasteiger partial charge < -0.3 is 11.1 Å². The molecule has 0 heterocycles. The number of aryl methyl sites for hydroxylation is 1. The maximum absolute atomic E-state index is 12.3. The molecule has 110 valence electrons. The first kappa shape index (κ1) is 16.1. The molecule has 1 rings (SSSR count). The van der Waals surface area contributed by atoms with Crippen LogP contribution in [0.3, 0.4) is 0 Å². The molecule has 20 heavy (non-hydrogen) atoms. The van der Waals surface area contributed by atoms with Crippen molar-refractivity contribution >= 4 is 11.6 Å². The van der Waals surface area contributed by atoms with Gasteiger partial charge >= 0.3 is 0 Å². The van der Waals surface area contributed by atoms with Crippen LogP contribution >= 0.6 is 0 Å². The summed E-state index contributed by atoms with van der Waals surface area (Å²) in [5.74, 6) is -0.244. The quantitative estimate of drug-likeness (QED) is 0.615. The Morgan fingerprint density at radius 2 is 2.00 bits per heavy atom. The molecule has 0 atom stereocenters. The van der Waals surface area contributed by atoms with Crippen molar-refractivity contribution in [1.82, 2.24) is 5.32 Å². The standard InChI is InChI=1S/C14H21N3O3/c1-4-14(5-2,9-15)16-13(18)12-7-6-11(17(19)20)8-10(12)3/h6-8H,4-5,9,15H2,1-3H3,(H,16,18). The molecule has 0 aromatic heterocycles. The fourth-order valence-electron chi connectivity index (χ4n) is 2.09. The predicted octanol–water partition coefficient (Wildman–Crippen LogP) is 2.15. The van der Waals surface area contributed by atoms with E-state index in [-0.39, 0.29) is 11.6 Å². The summed E-state index contributed by atoms with van der Waals surface area (Å²) in [6, 6.07) is 4.22. The summed E-state index contributed by atoms with van der Waals surface area (Å²) in [6.07, 6.45) is 1.47. The lowest BCUT2D eigenvalue weighted by Crippen LogP contribution is -2.53. The van der Waals surface area contributed by atoms with E-state index in [9.17, 15) is 14.9 Å². The summed E-state index contributed by atoms with van der Waals surface area (Å²) in [4.78, 5) is 22.5. The second kappa shape index (κ2) is 6.47. The fourth-order valence-corrected chi connectivity index (χ4v) is 2.09. The zero-order chi connectivity index (χ0) is 15.3. The van der Waals surface area contributed by atoms with Crippen LogP contribution in [0.15, 0.2) is 18.2 Å². The highest BCUT2D eigenvalue weighted by molar-refractivity contribution is 5.96. The van der Waals surface area contributed by atoms with Crippen LogP contribution in [0, 0.1) is 17.0 Å². The van der Waals surface area contributed by atoms with Crippen molar-refractivity contribution in [1.29, 1.82) is 0 Å². The normalized spacial score (nSPS) is 11.2. The maximum atomic E-state index is 12.3. The van der Waals surface area contributed by atoms with E-state index in [1.807, 2.05) is 13.8 Å². The maximum Gasteiger partial charge on any atom is 0.269 e. The van der Waals surface area contributed by atoms with Crippen LogP contribution in [0.2, 0.25) is 0 Å². The Morgan fingerprint density at radius 3 is 2.40 bits per heavy atom. The van der Waals surface area contributed by atoms with E-state index in [4.69, 9.17) is 5.73 Å². The molecule has 3 N–H and O–H groups in total. The highest BCUT2D eigenvalue weighted by atomic mass is 16.6. The van der Waals surface area contributed by atoms with Gasteiger partial charge in [-0.05, 0) is 31.4 Å². The number of nitrogens with zero attached hydrogens (tertiary/aromatic N) is 1. The van der Waals surface area contributed by atoms with Crippen LogP contribution in [0.5, 0.6) is 0 Å². The van der Waals surface area contributed by atoms with Crippen LogP contribution in [-0.2, 0) is 0 Å². The molecule has 0 fully saturated rings. The first-order chi connectivity index (χ1) is 9.39. The van der Waals surface area contributed by atoms with E-state index < -0.39 is 10.5 Å². The largest absolute Gasteiger partial charge is 0.345 e. The lowest BCUT2D eigenvalue weighted by molar-refractivity contribution is -0.384. The fraction of sp³-hybridized carbons (Fsp3) is 0.500. The summed E-state index contributed by atoms with van der Waals surface area (Å²) < 4.78 is 0. The Bertz CT molecular complexity index is 502. The van der Waals surface area contributed by atoms with Gasteiger partial charge in [0.15, 0.2) is 0 Å². The Labute approximate surface area is 118 Å². The van der Waals surface area contributed by atoms with Crippen molar-refractivity contribution in [2.45, 2.75) is 39.2 Å². The molecule has 1 aromatic carbocycles. The average molecular weight is 279 g/mol. The molecule has 0 saturated heterocycles. The number of amides is 1. The first-order valence-corrected chi connectivity index (χ1v) is 6.66. The molecule has 0 radical (unpaired) electrons. The second-order valence-corrected chi connectivity index (χ2v) is 4.90. The van der Waals surface area contributed by atoms with Crippen LogP contribution in [-0.4, -0.2) is 22.9 Å². The van der Waals surface area contributed by atoms with E-state index in [2.05, 4.69) is 5.32 Å². The van der Waals surface area contributed by atoms with E-state index in [0.717, 1.165) is 12.8 Å². The highest BCUT2D eigenvalue weighted by Gasteiger charge is 2.27. The van der Waals surface area contributed by atoms with Gasteiger partial charge in [0.05, 0.1) is 10.5 Å². The zero-order valence-electron chi connectivity index (χ0n) is 12.1. The van der Waals surface area contributed by atoms with Gasteiger partial charge in [0.2, 0.25) is 0 Å². The number of carbonyl (C=O) groups excluding carboxylic acids is 1. The number of benzene rings is 1. The average Bonchev–Trinajstić information content (AvgIpc) is 2.44. The van der Waals surface area contributed by atoms with Crippen LogP contribution in [0.1, 0.15) is 42.6 Å². The third-order valence-corrected chi connectivity index (χ3v) is 3.79. The van der Waals surface area contributed by atoms with Gasteiger partial charge in [0.1, 0.15) is 0 Å². The molecule has 0 aliphatic carbocycles. The van der Waals surface area contributed by atoms with E-state index in [1.165, 1.54) is 18.2 Å². The molecule has 0 bridgehead atoms. The van der Waals surface area contributed by atoms with Gasteiger partial charge in [-0.25, -0.2) is 0 Å². The summed E-state index contributed by atoms with van der Waals surface area (Å²) in [5, 5.41) is 13.6. The van der Waals surface area contributed by atoms with Crippen LogP contribution in [0.25, 0.3) is 0 Å².